The zero-order valence-corrected chi connectivity index (χ0v) is 19.3. The Morgan fingerprint density at radius 1 is 1.19 bits per heavy atom. The van der Waals surface area contributed by atoms with Crippen molar-refractivity contribution in [1.29, 1.82) is 0 Å². The summed E-state index contributed by atoms with van der Waals surface area (Å²) in [6.07, 6.45) is 1.21. The summed E-state index contributed by atoms with van der Waals surface area (Å²) in [5.74, 6) is -1.23. The minimum Gasteiger partial charge on any atom is -0.464 e. The molecule has 170 valence electrons. The average Bonchev–Trinajstić information content (AvgIpc) is 2.75. The molecule has 0 aliphatic heterocycles. The zero-order valence-electron chi connectivity index (χ0n) is 17.7. The molecule has 1 heterocycles. The lowest BCUT2D eigenvalue weighted by atomic mass is 10.1. The predicted octanol–water partition coefficient (Wildman–Crippen LogP) is 6.04. The highest BCUT2D eigenvalue weighted by Gasteiger charge is 2.39. The topological polar surface area (TPSA) is 121 Å². The van der Waals surface area contributed by atoms with E-state index in [1.807, 2.05) is 0 Å². The van der Waals surface area contributed by atoms with Crippen molar-refractivity contribution in [1.82, 2.24) is 0 Å². The summed E-state index contributed by atoms with van der Waals surface area (Å²) in [5, 5.41) is 14.5. The zero-order chi connectivity index (χ0) is 23.5. The lowest BCUT2D eigenvalue weighted by Crippen LogP contribution is -2.22. The van der Waals surface area contributed by atoms with Gasteiger partial charge in [-0.3, -0.25) is 19.5 Å². The lowest BCUT2D eigenvalue weighted by Gasteiger charge is -2.27. The predicted molar refractivity (Wildman–Crippen MR) is 123 cm³/mol. The van der Waals surface area contributed by atoms with Gasteiger partial charge in [-0.25, -0.2) is 0 Å². The van der Waals surface area contributed by atoms with Crippen LogP contribution in [0.1, 0.15) is 30.8 Å². The Bertz CT molecular complexity index is 1230. The maximum Gasteiger partial charge on any atom is 0.357 e. The van der Waals surface area contributed by atoms with Gasteiger partial charge in [0.1, 0.15) is 11.8 Å². The summed E-state index contributed by atoms with van der Waals surface area (Å²) in [6.45, 7) is 5.23. The number of benzene rings is 2. The highest BCUT2D eigenvalue weighted by atomic mass is 35.5. The first-order valence-electron chi connectivity index (χ1n) is 9.81. The van der Waals surface area contributed by atoms with Crippen molar-refractivity contribution >= 4 is 41.5 Å². The molecule has 0 saturated heterocycles. The van der Waals surface area contributed by atoms with E-state index >= 15 is 0 Å². The van der Waals surface area contributed by atoms with E-state index in [1.54, 1.807) is 26.8 Å². The van der Waals surface area contributed by atoms with Crippen LogP contribution in [0.5, 0.6) is 0 Å². The van der Waals surface area contributed by atoms with Crippen LogP contribution in [0.25, 0.3) is 11.0 Å². The summed E-state index contributed by atoms with van der Waals surface area (Å²) >= 11 is 6.20. The standard InChI is InChI=1S/C21H22ClN2O7P/c1-4-30-32(28,31-5-2)21(23-14-6-8-15(9-7-14)24(26)27)17-12-29-19-10-13(3)18(22)11-16(19)20(17)25/h6-12,21,23H,4-5H2,1-3H3. The van der Waals surface area contributed by atoms with Crippen LogP contribution in [-0.4, -0.2) is 18.1 Å². The van der Waals surface area contributed by atoms with Crippen LogP contribution in [0, 0.1) is 17.0 Å². The highest BCUT2D eigenvalue weighted by Crippen LogP contribution is 2.60. The number of halogens is 1. The number of hydrogen-bond acceptors (Lipinski definition) is 8. The summed E-state index contributed by atoms with van der Waals surface area (Å²) in [6, 6.07) is 8.60. The Labute approximate surface area is 189 Å². The number of rotatable bonds is 9. The molecule has 0 amide bonds. The van der Waals surface area contributed by atoms with Crippen LogP contribution in [-0.2, 0) is 13.6 Å². The maximum absolute atomic E-state index is 13.7. The van der Waals surface area contributed by atoms with E-state index in [0.717, 1.165) is 5.56 Å². The van der Waals surface area contributed by atoms with E-state index in [4.69, 9.17) is 25.1 Å². The molecule has 0 saturated carbocycles. The van der Waals surface area contributed by atoms with Gasteiger partial charge in [0.2, 0.25) is 0 Å². The number of nitrogens with zero attached hydrogens (tertiary/aromatic N) is 1. The molecule has 0 fully saturated rings. The number of aryl methyl sites for hydroxylation is 1. The van der Waals surface area contributed by atoms with Gasteiger partial charge in [-0.05, 0) is 50.6 Å². The number of anilines is 1. The van der Waals surface area contributed by atoms with Gasteiger partial charge in [0, 0.05) is 22.8 Å². The monoisotopic (exact) mass is 480 g/mol. The molecular weight excluding hydrogens is 459 g/mol. The van der Waals surface area contributed by atoms with E-state index in [2.05, 4.69) is 5.32 Å². The van der Waals surface area contributed by atoms with Gasteiger partial charge >= 0.3 is 7.60 Å². The molecule has 9 nitrogen and oxygen atoms in total. The van der Waals surface area contributed by atoms with Crippen LogP contribution in [0.4, 0.5) is 11.4 Å². The number of hydrogen-bond donors (Lipinski definition) is 1. The smallest absolute Gasteiger partial charge is 0.357 e. The number of fused-ring (bicyclic) bond motifs is 1. The van der Waals surface area contributed by atoms with Crippen molar-refractivity contribution in [2.75, 3.05) is 18.5 Å². The van der Waals surface area contributed by atoms with Gasteiger partial charge in [-0.1, -0.05) is 11.6 Å². The highest BCUT2D eigenvalue weighted by molar-refractivity contribution is 7.54. The van der Waals surface area contributed by atoms with Crippen LogP contribution in [0.2, 0.25) is 5.02 Å². The summed E-state index contributed by atoms with van der Waals surface area (Å²) in [4.78, 5) is 23.8. The third-order valence-corrected chi connectivity index (χ3v) is 7.37. The second-order valence-corrected chi connectivity index (χ2v) is 9.36. The fourth-order valence-corrected chi connectivity index (χ4v) is 5.25. The Kier molecular flexibility index (Phi) is 7.36. The van der Waals surface area contributed by atoms with Crippen LogP contribution < -0.4 is 10.7 Å². The molecule has 32 heavy (non-hydrogen) atoms. The molecule has 1 N–H and O–H groups in total. The molecule has 3 aromatic rings. The fourth-order valence-electron chi connectivity index (χ4n) is 3.17. The third kappa shape index (κ3) is 4.86. The van der Waals surface area contributed by atoms with E-state index in [9.17, 15) is 19.5 Å². The largest absolute Gasteiger partial charge is 0.464 e. The Hall–Kier alpha value is -2.71. The quantitative estimate of drug-likeness (QED) is 0.223. The molecule has 1 unspecified atom stereocenters. The molecular formula is C21H22ClN2O7P. The van der Waals surface area contributed by atoms with Crippen LogP contribution in [0.15, 0.2) is 51.9 Å². The van der Waals surface area contributed by atoms with Crippen molar-refractivity contribution in [2.24, 2.45) is 0 Å². The van der Waals surface area contributed by atoms with Crippen LogP contribution in [0.3, 0.4) is 0 Å². The molecule has 0 spiro atoms. The summed E-state index contributed by atoms with van der Waals surface area (Å²) in [7, 11) is -3.91. The molecule has 1 atom stereocenters. The second-order valence-electron chi connectivity index (χ2n) is 6.84. The van der Waals surface area contributed by atoms with E-state index in [0.29, 0.717) is 16.3 Å². The first kappa shape index (κ1) is 23.9. The van der Waals surface area contributed by atoms with E-state index in [1.165, 1.54) is 36.6 Å². The van der Waals surface area contributed by atoms with Crippen LogP contribution >= 0.6 is 19.2 Å². The van der Waals surface area contributed by atoms with Crippen molar-refractivity contribution in [3.8, 4) is 0 Å². The molecule has 0 bridgehead atoms. The average molecular weight is 481 g/mol. The minimum atomic E-state index is -3.91. The molecule has 0 aliphatic rings. The van der Waals surface area contributed by atoms with Crippen molar-refractivity contribution < 1.29 is 23.0 Å². The number of non-ortho nitro benzene ring substituents is 1. The Morgan fingerprint density at radius 2 is 1.81 bits per heavy atom. The SMILES string of the molecule is CCOP(=O)(OCC)C(Nc1ccc([N+](=O)[O-])cc1)c1coc2cc(C)c(Cl)cc2c1=O. The number of nitro groups is 1. The third-order valence-electron chi connectivity index (χ3n) is 4.69. The molecule has 11 heteroatoms. The number of nitro benzene ring substituents is 1. The van der Waals surface area contributed by atoms with E-state index < -0.39 is 23.7 Å². The molecule has 2 aromatic carbocycles. The lowest BCUT2D eigenvalue weighted by molar-refractivity contribution is -0.384. The van der Waals surface area contributed by atoms with Gasteiger partial charge in [-0.15, -0.1) is 0 Å². The Balaban J connectivity index is 2.16. The van der Waals surface area contributed by atoms with Gasteiger partial charge in [-0.2, -0.15) is 0 Å². The summed E-state index contributed by atoms with van der Waals surface area (Å²) < 4.78 is 30.3. The van der Waals surface area contributed by atoms with Crippen molar-refractivity contribution in [3.05, 3.63) is 79.1 Å². The van der Waals surface area contributed by atoms with Crippen molar-refractivity contribution in [2.45, 2.75) is 26.6 Å². The fraction of sp³-hybridized carbons (Fsp3) is 0.286. The normalized spacial score (nSPS) is 12.6. The van der Waals surface area contributed by atoms with E-state index in [-0.39, 0.29) is 29.9 Å². The Morgan fingerprint density at radius 3 is 2.38 bits per heavy atom. The minimum absolute atomic E-state index is 0.0148. The maximum atomic E-state index is 13.7. The number of nitrogens with one attached hydrogen (secondary N) is 1. The van der Waals surface area contributed by atoms with Gasteiger partial charge in [0.25, 0.3) is 5.69 Å². The molecule has 0 radical (unpaired) electrons. The first-order valence-corrected chi connectivity index (χ1v) is 11.8. The molecule has 1 aromatic heterocycles. The molecule has 3 rings (SSSR count). The van der Waals surface area contributed by atoms with Gasteiger partial charge in [0.15, 0.2) is 11.2 Å². The van der Waals surface area contributed by atoms with Gasteiger partial charge < -0.3 is 18.8 Å². The van der Waals surface area contributed by atoms with Gasteiger partial charge in [0.05, 0.1) is 29.1 Å². The second kappa shape index (κ2) is 9.83. The molecule has 0 aliphatic carbocycles. The van der Waals surface area contributed by atoms with Crippen molar-refractivity contribution in [3.63, 3.8) is 0 Å². The first-order chi connectivity index (χ1) is 15.2. The summed E-state index contributed by atoms with van der Waals surface area (Å²) in [5.41, 5.74) is 0.900.